The third-order valence-corrected chi connectivity index (χ3v) is 3.28. The minimum absolute atomic E-state index is 1.11. The third kappa shape index (κ3) is 1.86. The van der Waals surface area contributed by atoms with Crippen LogP contribution in [0.25, 0.3) is 5.70 Å². The monoisotopic (exact) mass is 219 g/mol. The van der Waals surface area contributed by atoms with Crippen LogP contribution in [0.15, 0.2) is 12.3 Å². The molecule has 0 bridgehead atoms. The topological polar surface area (TPSA) is 21.1 Å². The standard InChI is InChI=1S/C13H21N3/c1-4-7-11(5-2)16-12-8-6-9-15(3)13(12)10-14-16/h5,10H,4,6-9H2,1-3H3. The van der Waals surface area contributed by atoms with Crippen molar-refractivity contribution in [2.75, 3.05) is 18.5 Å². The van der Waals surface area contributed by atoms with Crippen molar-refractivity contribution in [3.63, 3.8) is 0 Å². The number of nitrogens with zero attached hydrogens (tertiary/aromatic N) is 3. The Morgan fingerprint density at radius 2 is 2.38 bits per heavy atom. The first-order valence-corrected chi connectivity index (χ1v) is 6.21. The van der Waals surface area contributed by atoms with Gasteiger partial charge in [-0.3, -0.25) is 0 Å². The van der Waals surface area contributed by atoms with E-state index in [4.69, 9.17) is 0 Å². The van der Waals surface area contributed by atoms with Crippen LogP contribution in [0.5, 0.6) is 0 Å². The summed E-state index contributed by atoms with van der Waals surface area (Å²) in [5, 5.41) is 4.54. The summed E-state index contributed by atoms with van der Waals surface area (Å²) in [7, 11) is 2.15. The van der Waals surface area contributed by atoms with Crippen LogP contribution in [0.1, 0.15) is 38.8 Å². The lowest BCUT2D eigenvalue weighted by atomic mass is 10.1. The first-order valence-electron chi connectivity index (χ1n) is 6.21. The van der Waals surface area contributed by atoms with E-state index in [1.807, 2.05) is 6.20 Å². The van der Waals surface area contributed by atoms with E-state index in [-0.39, 0.29) is 0 Å². The molecule has 0 spiro atoms. The minimum Gasteiger partial charge on any atom is -0.372 e. The summed E-state index contributed by atoms with van der Waals surface area (Å²) in [5.74, 6) is 0. The maximum atomic E-state index is 4.54. The summed E-state index contributed by atoms with van der Waals surface area (Å²) >= 11 is 0. The first-order chi connectivity index (χ1) is 7.77. The van der Waals surface area contributed by atoms with Crippen molar-refractivity contribution in [2.24, 2.45) is 0 Å². The Kier molecular flexibility index (Phi) is 3.32. The van der Waals surface area contributed by atoms with Crippen LogP contribution in [-0.2, 0) is 6.42 Å². The van der Waals surface area contributed by atoms with E-state index in [1.54, 1.807) is 0 Å². The quantitative estimate of drug-likeness (QED) is 0.779. The molecule has 1 aromatic heterocycles. The van der Waals surface area contributed by atoms with Crippen molar-refractivity contribution in [2.45, 2.75) is 39.5 Å². The second-order valence-electron chi connectivity index (χ2n) is 4.44. The molecular formula is C13H21N3. The zero-order valence-corrected chi connectivity index (χ0v) is 10.5. The lowest BCUT2D eigenvalue weighted by molar-refractivity contribution is 0.693. The maximum absolute atomic E-state index is 4.54. The van der Waals surface area contributed by atoms with Crippen LogP contribution in [0.4, 0.5) is 5.69 Å². The Morgan fingerprint density at radius 1 is 1.56 bits per heavy atom. The van der Waals surface area contributed by atoms with Crippen LogP contribution < -0.4 is 4.90 Å². The molecule has 0 saturated heterocycles. The van der Waals surface area contributed by atoms with Crippen LogP contribution >= 0.6 is 0 Å². The van der Waals surface area contributed by atoms with E-state index < -0.39 is 0 Å². The third-order valence-electron chi connectivity index (χ3n) is 3.28. The van der Waals surface area contributed by atoms with Gasteiger partial charge in [-0.05, 0) is 26.2 Å². The van der Waals surface area contributed by atoms with Crippen molar-refractivity contribution in [3.05, 3.63) is 18.0 Å². The van der Waals surface area contributed by atoms with Gasteiger partial charge in [-0.25, -0.2) is 4.68 Å². The predicted molar refractivity (Wildman–Crippen MR) is 68.7 cm³/mol. The summed E-state index contributed by atoms with van der Waals surface area (Å²) in [5.41, 5.74) is 4.02. The largest absolute Gasteiger partial charge is 0.372 e. The molecule has 2 rings (SSSR count). The summed E-state index contributed by atoms with van der Waals surface area (Å²) in [6, 6.07) is 0. The summed E-state index contributed by atoms with van der Waals surface area (Å²) in [4.78, 5) is 2.31. The fourth-order valence-corrected chi connectivity index (χ4v) is 2.40. The first kappa shape index (κ1) is 11.2. The minimum atomic E-state index is 1.11. The van der Waals surface area contributed by atoms with Gasteiger partial charge in [0.25, 0.3) is 0 Å². The van der Waals surface area contributed by atoms with Crippen molar-refractivity contribution >= 4 is 11.4 Å². The average Bonchev–Trinajstić information content (AvgIpc) is 2.71. The Morgan fingerprint density at radius 3 is 3.06 bits per heavy atom. The number of hydrogen-bond donors (Lipinski definition) is 0. The number of allylic oxidation sites excluding steroid dienone is 2. The van der Waals surface area contributed by atoms with E-state index in [1.165, 1.54) is 29.9 Å². The van der Waals surface area contributed by atoms with E-state index in [9.17, 15) is 0 Å². The van der Waals surface area contributed by atoms with E-state index in [0.29, 0.717) is 0 Å². The SMILES string of the molecule is CC=C(CCC)n1ncc2c1CCCN2C. The van der Waals surface area contributed by atoms with Gasteiger partial charge in [0.1, 0.15) is 0 Å². The lowest BCUT2D eigenvalue weighted by Crippen LogP contribution is -2.25. The Hall–Kier alpha value is -1.25. The summed E-state index contributed by atoms with van der Waals surface area (Å²) in [6.07, 6.45) is 8.86. The molecule has 1 aromatic rings. The van der Waals surface area contributed by atoms with E-state index in [0.717, 1.165) is 19.4 Å². The Bertz CT molecular complexity index is 390. The molecule has 0 saturated carbocycles. The highest BCUT2D eigenvalue weighted by Crippen LogP contribution is 2.28. The molecule has 0 aromatic carbocycles. The van der Waals surface area contributed by atoms with Gasteiger partial charge in [0, 0.05) is 19.3 Å². The zero-order chi connectivity index (χ0) is 11.5. The van der Waals surface area contributed by atoms with Gasteiger partial charge < -0.3 is 4.90 Å². The molecule has 1 aliphatic heterocycles. The number of anilines is 1. The number of rotatable bonds is 3. The summed E-state index contributed by atoms with van der Waals surface area (Å²) in [6.45, 7) is 5.47. The fourth-order valence-electron chi connectivity index (χ4n) is 2.40. The van der Waals surface area contributed by atoms with Gasteiger partial charge in [0.05, 0.1) is 17.6 Å². The average molecular weight is 219 g/mol. The zero-order valence-electron chi connectivity index (χ0n) is 10.5. The van der Waals surface area contributed by atoms with Gasteiger partial charge >= 0.3 is 0 Å². The second-order valence-corrected chi connectivity index (χ2v) is 4.44. The molecule has 1 aliphatic rings. The molecule has 0 N–H and O–H groups in total. The molecule has 88 valence electrons. The van der Waals surface area contributed by atoms with Gasteiger partial charge in [0.15, 0.2) is 0 Å². The van der Waals surface area contributed by atoms with Crippen LogP contribution in [0.3, 0.4) is 0 Å². The molecule has 0 amide bonds. The molecule has 2 heterocycles. The maximum Gasteiger partial charge on any atom is 0.0787 e. The molecule has 0 aliphatic carbocycles. The molecular weight excluding hydrogens is 198 g/mol. The van der Waals surface area contributed by atoms with Crippen LogP contribution in [0, 0.1) is 0 Å². The molecule has 3 heteroatoms. The molecule has 0 radical (unpaired) electrons. The van der Waals surface area contributed by atoms with E-state index >= 15 is 0 Å². The van der Waals surface area contributed by atoms with Gasteiger partial charge in [-0.2, -0.15) is 5.10 Å². The van der Waals surface area contributed by atoms with Crippen molar-refractivity contribution in [1.82, 2.24) is 9.78 Å². The number of aromatic nitrogens is 2. The van der Waals surface area contributed by atoms with Gasteiger partial charge in [-0.15, -0.1) is 0 Å². The second kappa shape index (κ2) is 4.73. The van der Waals surface area contributed by atoms with Crippen LogP contribution in [0.2, 0.25) is 0 Å². The highest BCUT2D eigenvalue weighted by molar-refractivity contribution is 5.57. The van der Waals surface area contributed by atoms with Crippen molar-refractivity contribution < 1.29 is 0 Å². The number of fused-ring (bicyclic) bond motifs is 1. The summed E-state index contributed by atoms with van der Waals surface area (Å²) < 4.78 is 2.15. The molecule has 16 heavy (non-hydrogen) atoms. The molecule has 3 nitrogen and oxygen atoms in total. The van der Waals surface area contributed by atoms with Gasteiger partial charge in [0.2, 0.25) is 0 Å². The predicted octanol–water partition coefficient (Wildman–Crippen LogP) is 2.93. The highest BCUT2D eigenvalue weighted by Gasteiger charge is 2.19. The Balaban J connectivity index is 2.35. The molecule has 0 unspecified atom stereocenters. The molecule has 0 fully saturated rings. The number of hydrogen-bond acceptors (Lipinski definition) is 2. The fraction of sp³-hybridized carbons (Fsp3) is 0.615. The van der Waals surface area contributed by atoms with E-state index in [2.05, 4.69) is 41.7 Å². The van der Waals surface area contributed by atoms with Crippen molar-refractivity contribution in [3.8, 4) is 0 Å². The van der Waals surface area contributed by atoms with Crippen LogP contribution in [-0.4, -0.2) is 23.4 Å². The highest BCUT2D eigenvalue weighted by atomic mass is 15.3. The lowest BCUT2D eigenvalue weighted by Gasteiger charge is -2.25. The smallest absolute Gasteiger partial charge is 0.0787 e. The van der Waals surface area contributed by atoms with Gasteiger partial charge in [-0.1, -0.05) is 19.4 Å². The normalized spacial score (nSPS) is 16.4. The Labute approximate surface area is 97.8 Å². The molecule has 0 atom stereocenters. The van der Waals surface area contributed by atoms with Crippen molar-refractivity contribution in [1.29, 1.82) is 0 Å².